The van der Waals surface area contributed by atoms with Crippen LogP contribution in [0, 0.1) is 5.82 Å². The van der Waals surface area contributed by atoms with Gasteiger partial charge in [0.2, 0.25) is 0 Å². The molecule has 0 N–H and O–H groups in total. The molecule has 1 unspecified atom stereocenters. The molecule has 2 aromatic rings. The predicted octanol–water partition coefficient (Wildman–Crippen LogP) is 3.46. The Bertz CT molecular complexity index is 836. The third-order valence-corrected chi connectivity index (χ3v) is 4.80. The molecule has 2 aromatic carbocycles. The molecule has 0 saturated carbocycles. The highest BCUT2D eigenvalue weighted by Gasteiger charge is 2.34. The van der Waals surface area contributed by atoms with E-state index in [4.69, 9.17) is 4.74 Å². The van der Waals surface area contributed by atoms with Crippen molar-refractivity contribution in [3.05, 3.63) is 65.5 Å². The van der Waals surface area contributed by atoms with Crippen LogP contribution in [0.25, 0.3) is 0 Å². The van der Waals surface area contributed by atoms with Gasteiger partial charge in [-0.25, -0.2) is 9.40 Å². The number of amides is 1. The molecule has 1 aliphatic heterocycles. The maximum absolute atomic E-state index is 14.3. The summed E-state index contributed by atoms with van der Waals surface area (Å²) in [5, 5.41) is 6.01. The van der Waals surface area contributed by atoms with Crippen molar-refractivity contribution in [2.75, 3.05) is 27.2 Å². The quantitative estimate of drug-likeness (QED) is 0.783. The van der Waals surface area contributed by atoms with Gasteiger partial charge in [-0.15, -0.1) is 0 Å². The number of likely N-dealkylation sites (N-methyl/N-ethyl adjacent to an activating group) is 1. The molecule has 142 valence electrons. The van der Waals surface area contributed by atoms with Gasteiger partial charge in [0.15, 0.2) is 0 Å². The first-order valence-electron chi connectivity index (χ1n) is 9.00. The van der Waals surface area contributed by atoms with Crippen LogP contribution in [0.5, 0.6) is 5.75 Å². The van der Waals surface area contributed by atoms with E-state index in [9.17, 15) is 9.18 Å². The molecule has 0 aromatic heterocycles. The molecule has 1 heterocycles. The van der Waals surface area contributed by atoms with Crippen LogP contribution < -0.4 is 4.74 Å². The Hall–Kier alpha value is -2.73. The molecule has 0 radical (unpaired) electrons. The maximum atomic E-state index is 14.3. The SMILES string of the molecule is CCN(C)CC(=O)N1N=C(c2ccccc2F)CC1c1ccc(OC)cc1. The van der Waals surface area contributed by atoms with Crippen molar-refractivity contribution in [1.29, 1.82) is 0 Å². The molecule has 6 heteroatoms. The Morgan fingerprint density at radius 1 is 1.26 bits per heavy atom. The lowest BCUT2D eigenvalue weighted by molar-refractivity contribution is -0.133. The van der Waals surface area contributed by atoms with Gasteiger partial charge in [-0.1, -0.05) is 37.3 Å². The Balaban J connectivity index is 1.93. The highest BCUT2D eigenvalue weighted by molar-refractivity contribution is 6.03. The summed E-state index contributed by atoms with van der Waals surface area (Å²) in [7, 11) is 3.50. The smallest absolute Gasteiger partial charge is 0.257 e. The Kier molecular flexibility index (Phi) is 5.86. The zero-order valence-corrected chi connectivity index (χ0v) is 15.9. The second-order valence-corrected chi connectivity index (χ2v) is 6.59. The van der Waals surface area contributed by atoms with E-state index >= 15 is 0 Å². The largest absolute Gasteiger partial charge is 0.497 e. The summed E-state index contributed by atoms with van der Waals surface area (Å²) in [6.07, 6.45) is 0.467. The minimum Gasteiger partial charge on any atom is -0.497 e. The summed E-state index contributed by atoms with van der Waals surface area (Å²) in [4.78, 5) is 14.8. The number of methoxy groups -OCH3 is 1. The molecule has 27 heavy (non-hydrogen) atoms. The van der Waals surface area contributed by atoms with Crippen LogP contribution in [0.3, 0.4) is 0 Å². The fourth-order valence-corrected chi connectivity index (χ4v) is 3.10. The second-order valence-electron chi connectivity index (χ2n) is 6.59. The fraction of sp³-hybridized carbons (Fsp3) is 0.333. The van der Waals surface area contributed by atoms with Gasteiger partial charge >= 0.3 is 0 Å². The van der Waals surface area contributed by atoms with Crippen molar-refractivity contribution in [3.63, 3.8) is 0 Å². The Labute approximate surface area is 159 Å². The summed E-state index contributed by atoms with van der Waals surface area (Å²) in [6.45, 7) is 3.01. The van der Waals surface area contributed by atoms with Crippen molar-refractivity contribution < 1.29 is 13.9 Å². The number of hydrogen-bond acceptors (Lipinski definition) is 4. The van der Waals surface area contributed by atoms with Gasteiger partial charge in [0.25, 0.3) is 5.91 Å². The van der Waals surface area contributed by atoms with E-state index in [1.54, 1.807) is 25.3 Å². The minimum absolute atomic E-state index is 0.105. The summed E-state index contributed by atoms with van der Waals surface area (Å²) < 4.78 is 19.5. The van der Waals surface area contributed by atoms with Gasteiger partial charge in [0.1, 0.15) is 11.6 Å². The summed E-state index contributed by atoms with van der Waals surface area (Å²) in [5.41, 5.74) is 1.97. The fourth-order valence-electron chi connectivity index (χ4n) is 3.10. The van der Waals surface area contributed by atoms with E-state index in [1.165, 1.54) is 11.1 Å². The number of rotatable bonds is 6. The van der Waals surface area contributed by atoms with Crippen LogP contribution in [-0.4, -0.2) is 48.8 Å². The van der Waals surface area contributed by atoms with Crippen LogP contribution in [0.1, 0.15) is 30.5 Å². The van der Waals surface area contributed by atoms with Crippen molar-refractivity contribution in [1.82, 2.24) is 9.91 Å². The van der Waals surface area contributed by atoms with Gasteiger partial charge in [0, 0.05) is 12.0 Å². The minimum atomic E-state index is -0.329. The standard InChI is InChI=1S/C21H24FN3O2/c1-4-24(2)14-21(26)25-20(15-9-11-16(27-3)12-10-15)13-19(23-25)17-7-5-6-8-18(17)22/h5-12,20H,4,13-14H2,1-3H3. The number of nitrogens with zero attached hydrogens (tertiary/aromatic N) is 3. The normalized spacial score (nSPS) is 16.6. The molecule has 0 saturated heterocycles. The zero-order valence-electron chi connectivity index (χ0n) is 15.9. The lowest BCUT2D eigenvalue weighted by atomic mass is 9.98. The number of benzene rings is 2. The second kappa shape index (κ2) is 8.31. The number of hydrogen-bond donors (Lipinski definition) is 0. The van der Waals surface area contributed by atoms with E-state index in [1.807, 2.05) is 43.1 Å². The highest BCUT2D eigenvalue weighted by Crippen LogP contribution is 2.34. The van der Waals surface area contributed by atoms with Gasteiger partial charge in [0.05, 0.1) is 25.4 Å². The first kappa shape index (κ1) is 19.0. The van der Waals surface area contributed by atoms with E-state index in [2.05, 4.69) is 5.10 Å². The molecule has 0 bridgehead atoms. The average Bonchev–Trinajstić information content (AvgIpc) is 3.13. The van der Waals surface area contributed by atoms with E-state index < -0.39 is 0 Å². The lowest BCUT2D eigenvalue weighted by Crippen LogP contribution is -2.36. The average molecular weight is 369 g/mol. The third kappa shape index (κ3) is 4.17. The van der Waals surface area contributed by atoms with Crippen molar-refractivity contribution in [2.24, 2.45) is 5.10 Å². The summed E-state index contributed by atoms with van der Waals surface area (Å²) in [5.74, 6) is 0.312. The topological polar surface area (TPSA) is 45.1 Å². The van der Waals surface area contributed by atoms with E-state index in [0.29, 0.717) is 17.7 Å². The van der Waals surface area contributed by atoms with Crippen molar-refractivity contribution in [3.8, 4) is 5.75 Å². The molecule has 0 spiro atoms. The number of carbonyl (C=O) groups excluding carboxylic acids is 1. The maximum Gasteiger partial charge on any atom is 0.257 e. The summed E-state index contributed by atoms with van der Waals surface area (Å²) in [6, 6.07) is 13.8. The van der Waals surface area contributed by atoms with E-state index in [-0.39, 0.29) is 24.3 Å². The number of ether oxygens (including phenoxy) is 1. The number of carbonyl (C=O) groups is 1. The molecule has 0 fully saturated rings. The van der Waals surface area contributed by atoms with Gasteiger partial charge < -0.3 is 4.74 Å². The number of hydrazone groups is 1. The first-order chi connectivity index (χ1) is 13.0. The summed E-state index contributed by atoms with van der Waals surface area (Å²) >= 11 is 0. The third-order valence-electron chi connectivity index (χ3n) is 4.80. The van der Waals surface area contributed by atoms with Crippen LogP contribution in [-0.2, 0) is 4.79 Å². The van der Waals surface area contributed by atoms with Gasteiger partial charge in [-0.3, -0.25) is 9.69 Å². The molecule has 5 nitrogen and oxygen atoms in total. The van der Waals surface area contributed by atoms with Gasteiger partial charge in [-0.2, -0.15) is 5.10 Å². The predicted molar refractivity (Wildman–Crippen MR) is 103 cm³/mol. The highest BCUT2D eigenvalue weighted by atomic mass is 19.1. The van der Waals surface area contributed by atoms with Crippen molar-refractivity contribution >= 4 is 11.6 Å². The first-order valence-corrected chi connectivity index (χ1v) is 9.00. The van der Waals surface area contributed by atoms with Crippen molar-refractivity contribution in [2.45, 2.75) is 19.4 Å². The molecule has 1 atom stereocenters. The monoisotopic (exact) mass is 369 g/mol. The molecule has 0 aliphatic carbocycles. The molecule has 1 aliphatic rings. The molecule has 1 amide bonds. The lowest BCUT2D eigenvalue weighted by Gasteiger charge is -2.24. The number of halogens is 1. The van der Waals surface area contributed by atoms with Gasteiger partial charge in [-0.05, 0) is 37.4 Å². The molecular weight excluding hydrogens is 345 g/mol. The Morgan fingerprint density at radius 2 is 1.96 bits per heavy atom. The van der Waals surface area contributed by atoms with Crippen LogP contribution >= 0.6 is 0 Å². The van der Waals surface area contributed by atoms with Crippen LogP contribution in [0.2, 0.25) is 0 Å². The molecule has 3 rings (SSSR count). The zero-order chi connectivity index (χ0) is 19.4. The molecular formula is C21H24FN3O2. The van der Waals surface area contributed by atoms with Crippen LogP contribution in [0.4, 0.5) is 4.39 Å². The Morgan fingerprint density at radius 3 is 2.59 bits per heavy atom. The van der Waals surface area contributed by atoms with Crippen LogP contribution in [0.15, 0.2) is 53.6 Å². The van der Waals surface area contributed by atoms with E-state index in [0.717, 1.165) is 17.9 Å².